The van der Waals surface area contributed by atoms with Crippen LogP contribution in [0.2, 0.25) is 0 Å². The van der Waals surface area contributed by atoms with Gasteiger partial charge in [0.1, 0.15) is 0 Å². The summed E-state index contributed by atoms with van der Waals surface area (Å²) in [5.41, 5.74) is -1.95. The van der Waals surface area contributed by atoms with Crippen molar-refractivity contribution in [2.75, 3.05) is 0 Å². The number of carbonyl (C=O) groups is 1. The predicted octanol–water partition coefficient (Wildman–Crippen LogP) is 2.83. The van der Waals surface area contributed by atoms with Gasteiger partial charge in [0.25, 0.3) is 0 Å². The smallest absolute Gasteiger partial charge is 0.192 e. The molecule has 0 unspecified atom stereocenters. The van der Waals surface area contributed by atoms with Crippen LogP contribution in [0.15, 0.2) is 24.8 Å². The van der Waals surface area contributed by atoms with Crippen molar-refractivity contribution in [3.8, 4) is 0 Å². The zero-order chi connectivity index (χ0) is 10.1. The molecule has 0 spiro atoms. The van der Waals surface area contributed by atoms with E-state index in [2.05, 4.69) is 6.58 Å². The molecule has 0 aliphatic heterocycles. The fourth-order valence-corrected chi connectivity index (χ4v) is 1.72. The first-order chi connectivity index (χ1) is 5.90. The molecule has 0 heterocycles. The topological polar surface area (TPSA) is 17.1 Å². The van der Waals surface area contributed by atoms with Gasteiger partial charge in [0.2, 0.25) is 0 Å². The lowest BCUT2D eigenvalue weighted by atomic mass is 9.73. The average Bonchev–Trinajstić information content (AvgIpc) is 1.97. The highest BCUT2D eigenvalue weighted by atomic mass is 19.1. The van der Waals surface area contributed by atoms with E-state index in [1.807, 2.05) is 13.8 Å². The fraction of sp³-hybridized carbons (Fsp3) is 0.545. The van der Waals surface area contributed by atoms with E-state index in [0.717, 1.165) is 0 Å². The normalized spacial score (nSPS) is 31.8. The van der Waals surface area contributed by atoms with Gasteiger partial charge in [0.15, 0.2) is 11.5 Å². The first kappa shape index (κ1) is 10.2. The highest BCUT2D eigenvalue weighted by Crippen LogP contribution is 2.38. The molecule has 1 rings (SSSR count). The van der Waals surface area contributed by atoms with Gasteiger partial charge in [-0.1, -0.05) is 26.0 Å². The molecule has 1 nitrogen and oxygen atoms in total. The molecular formula is C11H15FO. The van der Waals surface area contributed by atoms with Gasteiger partial charge < -0.3 is 0 Å². The first-order valence-electron chi connectivity index (χ1n) is 4.43. The van der Waals surface area contributed by atoms with E-state index in [1.165, 1.54) is 12.2 Å². The molecule has 1 aliphatic carbocycles. The largest absolute Gasteiger partial charge is 0.291 e. The number of allylic oxidation sites excluding steroid dienone is 3. The van der Waals surface area contributed by atoms with Crippen LogP contribution in [0, 0.1) is 5.41 Å². The van der Waals surface area contributed by atoms with Gasteiger partial charge in [0, 0.05) is 6.42 Å². The maximum absolute atomic E-state index is 14.0. The lowest BCUT2D eigenvalue weighted by Gasteiger charge is -2.33. The van der Waals surface area contributed by atoms with Crippen LogP contribution in [0.1, 0.15) is 26.7 Å². The van der Waals surface area contributed by atoms with Crippen molar-refractivity contribution < 1.29 is 9.18 Å². The summed E-state index contributed by atoms with van der Waals surface area (Å²) in [4.78, 5) is 11.3. The molecule has 1 aliphatic rings. The Hall–Kier alpha value is -0.920. The molecule has 0 radical (unpaired) electrons. The Morgan fingerprint density at radius 3 is 2.85 bits per heavy atom. The predicted molar refractivity (Wildman–Crippen MR) is 51.2 cm³/mol. The molecule has 0 bridgehead atoms. The van der Waals surface area contributed by atoms with Gasteiger partial charge in [-0.2, -0.15) is 0 Å². The van der Waals surface area contributed by atoms with Gasteiger partial charge in [-0.3, -0.25) is 4.79 Å². The number of rotatable bonds is 2. The molecular weight excluding hydrogens is 167 g/mol. The Kier molecular flexibility index (Phi) is 2.42. The minimum Gasteiger partial charge on any atom is -0.291 e. The molecule has 0 saturated carbocycles. The summed E-state index contributed by atoms with van der Waals surface area (Å²) in [7, 11) is 0. The Labute approximate surface area is 78.3 Å². The quantitative estimate of drug-likeness (QED) is 0.600. The van der Waals surface area contributed by atoms with Crippen LogP contribution in [0.4, 0.5) is 4.39 Å². The minimum absolute atomic E-state index is 0.111. The molecule has 0 aromatic heterocycles. The first-order valence-corrected chi connectivity index (χ1v) is 4.43. The van der Waals surface area contributed by atoms with E-state index in [1.54, 1.807) is 6.08 Å². The SMILES string of the molecule is C=CC[C@]1(F)CC(C)(C)C=CC1=O. The van der Waals surface area contributed by atoms with E-state index in [9.17, 15) is 9.18 Å². The molecule has 72 valence electrons. The third-order valence-electron chi connectivity index (χ3n) is 2.33. The van der Waals surface area contributed by atoms with E-state index in [4.69, 9.17) is 0 Å². The Balaban J connectivity index is 2.94. The van der Waals surface area contributed by atoms with Crippen LogP contribution < -0.4 is 0 Å². The van der Waals surface area contributed by atoms with Crippen LogP contribution >= 0.6 is 0 Å². The number of carbonyl (C=O) groups excluding carboxylic acids is 1. The third kappa shape index (κ3) is 2.06. The van der Waals surface area contributed by atoms with Crippen LogP contribution in [-0.2, 0) is 4.79 Å². The second-order valence-electron chi connectivity index (χ2n) is 4.32. The van der Waals surface area contributed by atoms with Crippen molar-refractivity contribution >= 4 is 5.78 Å². The van der Waals surface area contributed by atoms with Crippen LogP contribution in [0.5, 0.6) is 0 Å². The molecule has 0 aromatic rings. The van der Waals surface area contributed by atoms with E-state index < -0.39 is 11.5 Å². The standard InChI is InChI=1S/C11H15FO/c1-4-6-11(12)8-10(2,3)7-5-9(11)13/h4-5,7H,1,6,8H2,2-3H3/t11-/m0/s1. The molecule has 2 heteroatoms. The van der Waals surface area contributed by atoms with Crippen molar-refractivity contribution in [1.82, 2.24) is 0 Å². The second-order valence-corrected chi connectivity index (χ2v) is 4.32. The highest BCUT2D eigenvalue weighted by Gasteiger charge is 2.42. The monoisotopic (exact) mass is 182 g/mol. The van der Waals surface area contributed by atoms with Crippen LogP contribution in [-0.4, -0.2) is 11.5 Å². The van der Waals surface area contributed by atoms with E-state index >= 15 is 0 Å². The lowest BCUT2D eigenvalue weighted by molar-refractivity contribution is -0.128. The number of hydrogen-bond acceptors (Lipinski definition) is 1. The minimum atomic E-state index is -1.72. The van der Waals surface area contributed by atoms with E-state index in [-0.39, 0.29) is 18.3 Å². The maximum atomic E-state index is 14.0. The van der Waals surface area contributed by atoms with Crippen molar-refractivity contribution in [2.24, 2.45) is 5.41 Å². The zero-order valence-electron chi connectivity index (χ0n) is 8.14. The summed E-state index contributed by atoms with van der Waals surface area (Å²) in [5, 5.41) is 0. The molecule has 0 aromatic carbocycles. The summed E-state index contributed by atoms with van der Waals surface area (Å²) in [6.07, 6.45) is 4.96. The third-order valence-corrected chi connectivity index (χ3v) is 2.33. The summed E-state index contributed by atoms with van der Waals surface area (Å²) in [5.74, 6) is -0.424. The maximum Gasteiger partial charge on any atom is 0.192 e. The highest BCUT2D eigenvalue weighted by molar-refractivity contribution is 5.98. The van der Waals surface area contributed by atoms with Gasteiger partial charge in [-0.05, 0) is 17.9 Å². The molecule has 13 heavy (non-hydrogen) atoms. The lowest BCUT2D eigenvalue weighted by Crippen LogP contribution is -2.39. The summed E-state index contributed by atoms with van der Waals surface area (Å²) < 4.78 is 14.0. The fourth-order valence-electron chi connectivity index (χ4n) is 1.72. The van der Waals surface area contributed by atoms with E-state index in [0.29, 0.717) is 0 Å². The van der Waals surface area contributed by atoms with Crippen molar-refractivity contribution in [2.45, 2.75) is 32.4 Å². The van der Waals surface area contributed by atoms with Crippen molar-refractivity contribution in [3.05, 3.63) is 24.8 Å². The number of ketones is 1. The average molecular weight is 182 g/mol. The summed E-state index contributed by atoms with van der Waals surface area (Å²) in [6, 6.07) is 0. The van der Waals surface area contributed by atoms with Crippen LogP contribution in [0.25, 0.3) is 0 Å². The summed E-state index contributed by atoms with van der Waals surface area (Å²) in [6.45, 7) is 7.31. The molecule has 0 saturated heterocycles. The Morgan fingerprint density at radius 1 is 1.69 bits per heavy atom. The van der Waals surface area contributed by atoms with Crippen molar-refractivity contribution in [3.63, 3.8) is 0 Å². The Bertz CT molecular complexity index is 265. The van der Waals surface area contributed by atoms with Gasteiger partial charge in [0.05, 0.1) is 0 Å². The van der Waals surface area contributed by atoms with Crippen LogP contribution in [0.3, 0.4) is 0 Å². The number of hydrogen-bond donors (Lipinski definition) is 0. The molecule has 1 atom stereocenters. The molecule has 0 amide bonds. The number of halogens is 1. The molecule has 0 N–H and O–H groups in total. The van der Waals surface area contributed by atoms with Gasteiger partial charge in [-0.25, -0.2) is 4.39 Å². The summed E-state index contributed by atoms with van der Waals surface area (Å²) >= 11 is 0. The molecule has 0 fully saturated rings. The van der Waals surface area contributed by atoms with Gasteiger partial charge >= 0.3 is 0 Å². The Morgan fingerprint density at radius 2 is 2.31 bits per heavy atom. The van der Waals surface area contributed by atoms with Crippen molar-refractivity contribution in [1.29, 1.82) is 0 Å². The van der Waals surface area contributed by atoms with Gasteiger partial charge in [-0.15, -0.1) is 6.58 Å². The number of alkyl halides is 1. The zero-order valence-corrected chi connectivity index (χ0v) is 8.14. The second kappa shape index (κ2) is 3.09.